The molecule has 1 unspecified atom stereocenters. The van der Waals surface area contributed by atoms with Gasteiger partial charge in [0.05, 0.1) is 0 Å². The highest BCUT2D eigenvalue weighted by Crippen LogP contribution is 2.09. The van der Waals surface area contributed by atoms with Crippen LogP contribution in [0.25, 0.3) is 0 Å². The molecule has 1 aromatic carbocycles. The Labute approximate surface area is 134 Å². The molecule has 2 rings (SSSR count). The van der Waals surface area contributed by atoms with Gasteiger partial charge in [-0.1, -0.05) is 30.3 Å². The SMILES string of the molecule is Cc1cnccc1CC(NC(=O)OCc1ccccc1)C(=O)O. The summed E-state index contributed by atoms with van der Waals surface area (Å²) in [6.45, 7) is 1.93. The topological polar surface area (TPSA) is 88.5 Å². The summed E-state index contributed by atoms with van der Waals surface area (Å²) >= 11 is 0. The van der Waals surface area contributed by atoms with E-state index in [2.05, 4.69) is 10.3 Å². The van der Waals surface area contributed by atoms with Crippen LogP contribution in [0.2, 0.25) is 0 Å². The molecule has 1 atom stereocenters. The summed E-state index contributed by atoms with van der Waals surface area (Å²) in [6.07, 6.45) is 2.66. The first kappa shape index (κ1) is 16.5. The normalized spacial score (nSPS) is 11.5. The summed E-state index contributed by atoms with van der Waals surface area (Å²) in [5.41, 5.74) is 2.52. The van der Waals surface area contributed by atoms with Gasteiger partial charge in [0.1, 0.15) is 12.6 Å². The lowest BCUT2D eigenvalue weighted by Gasteiger charge is -2.15. The van der Waals surface area contributed by atoms with E-state index in [1.807, 2.05) is 37.3 Å². The number of rotatable bonds is 6. The van der Waals surface area contributed by atoms with E-state index in [-0.39, 0.29) is 13.0 Å². The summed E-state index contributed by atoms with van der Waals surface area (Å²) < 4.78 is 5.05. The lowest BCUT2D eigenvalue weighted by atomic mass is 10.0. The van der Waals surface area contributed by atoms with Crippen molar-refractivity contribution in [2.24, 2.45) is 0 Å². The molecular formula is C17H18N2O4. The van der Waals surface area contributed by atoms with E-state index in [0.717, 1.165) is 16.7 Å². The molecule has 0 radical (unpaired) electrons. The molecule has 0 saturated heterocycles. The van der Waals surface area contributed by atoms with Crippen LogP contribution >= 0.6 is 0 Å². The van der Waals surface area contributed by atoms with Gasteiger partial charge >= 0.3 is 12.1 Å². The number of benzene rings is 1. The molecule has 1 heterocycles. The molecule has 6 nitrogen and oxygen atoms in total. The fraction of sp³-hybridized carbons (Fsp3) is 0.235. The highest BCUT2D eigenvalue weighted by molar-refractivity contribution is 5.80. The highest BCUT2D eigenvalue weighted by atomic mass is 16.5. The minimum atomic E-state index is -1.11. The second-order valence-electron chi connectivity index (χ2n) is 5.10. The highest BCUT2D eigenvalue weighted by Gasteiger charge is 2.21. The van der Waals surface area contributed by atoms with Crippen molar-refractivity contribution in [2.45, 2.75) is 26.0 Å². The van der Waals surface area contributed by atoms with Gasteiger partial charge < -0.3 is 15.2 Å². The molecule has 0 bridgehead atoms. The second-order valence-corrected chi connectivity index (χ2v) is 5.10. The van der Waals surface area contributed by atoms with Crippen LogP contribution in [-0.2, 0) is 22.6 Å². The number of carbonyl (C=O) groups excluding carboxylic acids is 1. The quantitative estimate of drug-likeness (QED) is 0.854. The third-order valence-corrected chi connectivity index (χ3v) is 3.36. The zero-order valence-electron chi connectivity index (χ0n) is 12.7. The molecular weight excluding hydrogens is 296 g/mol. The second kappa shape index (κ2) is 7.93. The van der Waals surface area contributed by atoms with E-state index in [1.165, 1.54) is 0 Å². The molecule has 0 aliphatic carbocycles. The van der Waals surface area contributed by atoms with Crippen LogP contribution in [0, 0.1) is 6.92 Å². The Morgan fingerprint density at radius 1 is 1.26 bits per heavy atom. The number of hydrogen-bond donors (Lipinski definition) is 2. The van der Waals surface area contributed by atoms with Gasteiger partial charge in [-0.2, -0.15) is 0 Å². The van der Waals surface area contributed by atoms with E-state index in [1.54, 1.807) is 18.5 Å². The van der Waals surface area contributed by atoms with Gasteiger partial charge in [-0.25, -0.2) is 9.59 Å². The maximum absolute atomic E-state index is 11.8. The Hall–Kier alpha value is -2.89. The van der Waals surface area contributed by atoms with E-state index < -0.39 is 18.1 Å². The van der Waals surface area contributed by atoms with E-state index in [4.69, 9.17) is 4.74 Å². The van der Waals surface area contributed by atoms with Crippen LogP contribution in [-0.4, -0.2) is 28.2 Å². The molecule has 23 heavy (non-hydrogen) atoms. The van der Waals surface area contributed by atoms with Crippen molar-refractivity contribution in [1.82, 2.24) is 10.3 Å². The summed E-state index contributed by atoms with van der Waals surface area (Å²) in [6, 6.07) is 9.86. The maximum atomic E-state index is 11.8. The average Bonchev–Trinajstić information content (AvgIpc) is 2.55. The molecule has 2 aromatic rings. The molecule has 120 valence electrons. The van der Waals surface area contributed by atoms with Crippen LogP contribution in [0.4, 0.5) is 4.79 Å². The Kier molecular flexibility index (Phi) is 5.68. The first-order chi connectivity index (χ1) is 11.1. The standard InChI is InChI=1S/C17H18N2O4/c1-12-10-18-8-7-14(12)9-15(16(20)21)19-17(22)23-11-13-5-3-2-4-6-13/h2-8,10,15H,9,11H2,1H3,(H,19,22)(H,20,21). The number of nitrogens with one attached hydrogen (secondary N) is 1. The summed E-state index contributed by atoms with van der Waals surface area (Å²) in [7, 11) is 0. The third-order valence-electron chi connectivity index (χ3n) is 3.36. The molecule has 1 aromatic heterocycles. The van der Waals surface area contributed by atoms with Gasteiger partial charge in [0.15, 0.2) is 0 Å². The number of carboxylic acid groups (broad SMARTS) is 1. The number of nitrogens with zero attached hydrogens (tertiary/aromatic N) is 1. The first-order valence-corrected chi connectivity index (χ1v) is 7.16. The van der Waals surface area contributed by atoms with Crippen molar-refractivity contribution in [2.75, 3.05) is 0 Å². The molecule has 1 amide bonds. The number of aromatic nitrogens is 1. The van der Waals surface area contributed by atoms with Crippen molar-refractivity contribution >= 4 is 12.1 Å². The number of carbonyl (C=O) groups is 2. The molecule has 6 heteroatoms. The average molecular weight is 314 g/mol. The zero-order chi connectivity index (χ0) is 16.7. The number of pyridine rings is 1. The molecule has 0 spiro atoms. The van der Waals surface area contributed by atoms with Crippen molar-refractivity contribution < 1.29 is 19.4 Å². The predicted octanol–water partition coefficient (Wildman–Crippen LogP) is 2.31. The first-order valence-electron chi connectivity index (χ1n) is 7.16. The number of alkyl carbamates (subject to hydrolysis) is 1. The van der Waals surface area contributed by atoms with Crippen molar-refractivity contribution in [3.05, 3.63) is 65.5 Å². The fourth-order valence-corrected chi connectivity index (χ4v) is 2.06. The fourth-order valence-electron chi connectivity index (χ4n) is 2.06. The number of amides is 1. The Balaban J connectivity index is 1.92. The monoisotopic (exact) mass is 314 g/mol. The number of aliphatic carboxylic acids is 1. The third kappa shape index (κ3) is 5.10. The van der Waals surface area contributed by atoms with Crippen molar-refractivity contribution in [1.29, 1.82) is 0 Å². The van der Waals surface area contributed by atoms with E-state index in [9.17, 15) is 14.7 Å². The van der Waals surface area contributed by atoms with Gasteiger partial charge in [0.25, 0.3) is 0 Å². The van der Waals surface area contributed by atoms with E-state index in [0.29, 0.717) is 0 Å². The van der Waals surface area contributed by atoms with Gasteiger partial charge in [-0.05, 0) is 29.7 Å². The smallest absolute Gasteiger partial charge is 0.408 e. The van der Waals surface area contributed by atoms with Crippen LogP contribution < -0.4 is 5.32 Å². The van der Waals surface area contributed by atoms with Gasteiger partial charge in [-0.15, -0.1) is 0 Å². The Morgan fingerprint density at radius 3 is 2.65 bits per heavy atom. The summed E-state index contributed by atoms with van der Waals surface area (Å²) in [5, 5.41) is 11.7. The van der Waals surface area contributed by atoms with E-state index >= 15 is 0 Å². The molecule has 0 saturated carbocycles. The van der Waals surface area contributed by atoms with Crippen LogP contribution in [0.5, 0.6) is 0 Å². The minimum absolute atomic E-state index is 0.0906. The van der Waals surface area contributed by atoms with Crippen LogP contribution in [0.3, 0.4) is 0 Å². The van der Waals surface area contributed by atoms with Crippen LogP contribution in [0.1, 0.15) is 16.7 Å². The van der Waals surface area contributed by atoms with Gasteiger partial charge in [0, 0.05) is 18.8 Å². The number of hydrogen-bond acceptors (Lipinski definition) is 4. The molecule has 0 fully saturated rings. The molecule has 0 aliphatic heterocycles. The Morgan fingerprint density at radius 2 is 2.00 bits per heavy atom. The zero-order valence-corrected chi connectivity index (χ0v) is 12.7. The largest absolute Gasteiger partial charge is 0.480 e. The lowest BCUT2D eigenvalue weighted by molar-refractivity contribution is -0.139. The molecule has 2 N–H and O–H groups in total. The van der Waals surface area contributed by atoms with Gasteiger partial charge in [0.2, 0.25) is 0 Å². The maximum Gasteiger partial charge on any atom is 0.408 e. The van der Waals surface area contributed by atoms with Crippen molar-refractivity contribution in [3.63, 3.8) is 0 Å². The lowest BCUT2D eigenvalue weighted by Crippen LogP contribution is -2.42. The summed E-state index contributed by atoms with van der Waals surface area (Å²) in [5.74, 6) is -1.11. The predicted molar refractivity (Wildman–Crippen MR) is 83.9 cm³/mol. The number of aryl methyl sites for hydroxylation is 1. The number of carboxylic acids is 1. The van der Waals surface area contributed by atoms with Crippen molar-refractivity contribution in [3.8, 4) is 0 Å². The Bertz CT molecular complexity index is 673. The minimum Gasteiger partial charge on any atom is -0.480 e. The number of ether oxygens (including phenoxy) is 1. The van der Waals surface area contributed by atoms with Gasteiger partial charge in [-0.3, -0.25) is 4.98 Å². The molecule has 0 aliphatic rings. The van der Waals surface area contributed by atoms with Crippen LogP contribution in [0.15, 0.2) is 48.8 Å². The summed E-state index contributed by atoms with van der Waals surface area (Å²) in [4.78, 5) is 27.1.